The number of carbonyl (C=O) groups is 1. The first kappa shape index (κ1) is 27.2. The number of hydrogen-bond donors (Lipinski definition) is 1. The molecule has 5 rings (SSSR count). The van der Waals surface area contributed by atoms with Gasteiger partial charge in [-0.25, -0.2) is 13.2 Å². The Bertz CT molecular complexity index is 1800. The molecule has 0 fully saturated rings. The second kappa shape index (κ2) is 11.4. The Hall–Kier alpha value is -5.39. The van der Waals surface area contributed by atoms with Crippen LogP contribution in [-0.2, 0) is 7.05 Å². The van der Waals surface area contributed by atoms with E-state index in [1.54, 1.807) is 37.1 Å². The molecule has 2 aromatic carbocycles. The SMILES string of the molecule is CCOc1ccn(-c2ccc(F)cc2)c(=O)c1C(=O)Nc1cc(F)c(Oc2ccnc(-c3cnn(C)c3)c2)cc1F. The molecule has 0 aliphatic rings. The van der Waals surface area contributed by atoms with Crippen molar-refractivity contribution in [3.63, 3.8) is 0 Å². The first-order valence-electron chi connectivity index (χ1n) is 12.3. The molecule has 0 aliphatic heterocycles. The zero-order valence-electron chi connectivity index (χ0n) is 21.8. The van der Waals surface area contributed by atoms with Crippen molar-refractivity contribution in [3.05, 3.63) is 113 Å². The molecule has 0 aliphatic carbocycles. The van der Waals surface area contributed by atoms with Crippen LogP contribution >= 0.6 is 0 Å². The smallest absolute Gasteiger partial charge is 0.271 e. The third-order valence-electron chi connectivity index (χ3n) is 5.92. The zero-order valence-corrected chi connectivity index (χ0v) is 21.8. The molecule has 0 radical (unpaired) electrons. The highest BCUT2D eigenvalue weighted by atomic mass is 19.1. The highest BCUT2D eigenvalue weighted by Crippen LogP contribution is 2.31. The van der Waals surface area contributed by atoms with Gasteiger partial charge in [-0.3, -0.25) is 23.8 Å². The average Bonchev–Trinajstić information content (AvgIpc) is 3.39. The third kappa shape index (κ3) is 5.81. The molecule has 1 N–H and O–H groups in total. The number of aryl methyl sites for hydroxylation is 1. The fourth-order valence-corrected chi connectivity index (χ4v) is 4.01. The molecule has 5 aromatic rings. The summed E-state index contributed by atoms with van der Waals surface area (Å²) in [5, 5.41) is 6.32. The average molecular weight is 562 g/mol. The van der Waals surface area contributed by atoms with Crippen LogP contribution < -0.4 is 20.3 Å². The maximum absolute atomic E-state index is 15.1. The number of aromatic nitrogens is 4. The normalized spacial score (nSPS) is 10.9. The molecule has 9 nitrogen and oxygen atoms in total. The standard InChI is InChI=1S/C29H22F3N5O4/c1-3-40-25-9-11-37(19-6-4-18(30)5-7-19)29(39)27(25)28(38)35-24-13-22(32)26(14-21(24)31)41-20-8-10-33-23(12-20)17-15-34-36(2)16-17/h4-16H,3H2,1-2H3,(H,35,38). The summed E-state index contributed by atoms with van der Waals surface area (Å²) in [6.45, 7) is 1.79. The monoisotopic (exact) mass is 561 g/mol. The van der Waals surface area contributed by atoms with Gasteiger partial charge in [-0.2, -0.15) is 5.10 Å². The number of hydrogen-bond acceptors (Lipinski definition) is 6. The van der Waals surface area contributed by atoms with Crippen LogP contribution in [0.5, 0.6) is 17.2 Å². The maximum atomic E-state index is 15.1. The van der Waals surface area contributed by atoms with Gasteiger partial charge >= 0.3 is 0 Å². The number of halogens is 3. The molecule has 0 bridgehead atoms. The lowest BCUT2D eigenvalue weighted by Gasteiger charge is -2.14. The van der Waals surface area contributed by atoms with Gasteiger partial charge in [0.2, 0.25) is 0 Å². The molecular formula is C29H22F3N5O4. The summed E-state index contributed by atoms with van der Waals surface area (Å²) in [7, 11) is 1.75. The zero-order chi connectivity index (χ0) is 29.1. The third-order valence-corrected chi connectivity index (χ3v) is 5.92. The number of nitrogens with one attached hydrogen (secondary N) is 1. The molecule has 41 heavy (non-hydrogen) atoms. The lowest BCUT2D eigenvalue weighted by Crippen LogP contribution is -2.29. The van der Waals surface area contributed by atoms with E-state index in [0.717, 1.165) is 28.8 Å². The van der Waals surface area contributed by atoms with Crippen molar-refractivity contribution in [1.29, 1.82) is 0 Å². The van der Waals surface area contributed by atoms with Crippen LogP contribution in [0.15, 0.2) is 84.2 Å². The minimum Gasteiger partial charge on any atom is -0.493 e. The molecule has 0 unspecified atom stereocenters. The van der Waals surface area contributed by atoms with E-state index in [4.69, 9.17) is 9.47 Å². The van der Waals surface area contributed by atoms with Gasteiger partial charge in [0.05, 0.1) is 24.2 Å². The van der Waals surface area contributed by atoms with Crippen LogP contribution in [0.25, 0.3) is 16.9 Å². The minimum atomic E-state index is -1.03. The molecule has 0 saturated carbocycles. The summed E-state index contributed by atoms with van der Waals surface area (Å²) >= 11 is 0. The van der Waals surface area contributed by atoms with E-state index in [2.05, 4.69) is 15.4 Å². The molecule has 3 aromatic heterocycles. The Labute approximate surface area is 231 Å². The number of amides is 1. The van der Waals surface area contributed by atoms with E-state index in [-0.39, 0.29) is 23.8 Å². The molecule has 3 heterocycles. The second-order valence-corrected chi connectivity index (χ2v) is 8.74. The molecule has 12 heteroatoms. The summed E-state index contributed by atoms with van der Waals surface area (Å²) < 4.78 is 57.1. The Balaban J connectivity index is 1.42. The predicted octanol–water partition coefficient (Wildman–Crippen LogP) is 5.49. The van der Waals surface area contributed by atoms with Crippen LogP contribution in [0.2, 0.25) is 0 Å². The predicted molar refractivity (Wildman–Crippen MR) is 144 cm³/mol. The van der Waals surface area contributed by atoms with Crippen molar-refractivity contribution in [2.45, 2.75) is 6.92 Å². The van der Waals surface area contributed by atoms with Gasteiger partial charge < -0.3 is 14.8 Å². The van der Waals surface area contributed by atoms with E-state index in [1.165, 1.54) is 36.7 Å². The van der Waals surface area contributed by atoms with Crippen molar-refractivity contribution >= 4 is 11.6 Å². The van der Waals surface area contributed by atoms with Crippen molar-refractivity contribution in [1.82, 2.24) is 19.3 Å². The highest BCUT2D eigenvalue weighted by molar-refractivity contribution is 6.06. The Morgan fingerprint density at radius 1 is 1.00 bits per heavy atom. The Kier molecular flexibility index (Phi) is 7.55. The molecular weight excluding hydrogens is 539 g/mol. The van der Waals surface area contributed by atoms with Gasteiger partial charge in [-0.15, -0.1) is 0 Å². The number of carbonyl (C=O) groups excluding carboxylic acids is 1. The number of nitrogens with zero attached hydrogens (tertiary/aromatic N) is 4. The van der Waals surface area contributed by atoms with E-state index in [9.17, 15) is 18.4 Å². The summed E-state index contributed by atoms with van der Waals surface area (Å²) in [5.74, 6) is -3.81. The number of rotatable bonds is 8. The van der Waals surface area contributed by atoms with E-state index in [0.29, 0.717) is 11.3 Å². The van der Waals surface area contributed by atoms with Gasteiger partial charge in [0.1, 0.15) is 22.9 Å². The van der Waals surface area contributed by atoms with E-state index < -0.39 is 45.9 Å². The minimum absolute atomic E-state index is 0.0590. The molecule has 0 saturated heterocycles. The molecule has 0 spiro atoms. The molecule has 208 valence electrons. The number of ether oxygens (including phenoxy) is 2. The first-order chi connectivity index (χ1) is 19.7. The number of pyridine rings is 2. The highest BCUT2D eigenvalue weighted by Gasteiger charge is 2.22. The van der Waals surface area contributed by atoms with Crippen LogP contribution in [0.4, 0.5) is 18.9 Å². The van der Waals surface area contributed by atoms with Gasteiger partial charge in [-0.05, 0) is 43.3 Å². The molecule has 0 atom stereocenters. The van der Waals surface area contributed by atoms with Crippen LogP contribution in [0, 0.1) is 17.5 Å². The summed E-state index contributed by atoms with van der Waals surface area (Å²) in [6.07, 6.45) is 6.15. The van der Waals surface area contributed by atoms with Gasteiger partial charge in [0.25, 0.3) is 11.5 Å². The summed E-state index contributed by atoms with van der Waals surface area (Å²) in [6, 6.07) is 10.9. The lowest BCUT2D eigenvalue weighted by atomic mass is 10.2. The van der Waals surface area contributed by atoms with Crippen LogP contribution in [-0.4, -0.2) is 31.8 Å². The summed E-state index contributed by atoms with van der Waals surface area (Å²) in [5.41, 5.74) is -0.269. The van der Waals surface area contributed by atoms with Gasteiger partial charge in [0, 0.05) is 55.1 Å². The topological polar surface area (TPSA) is 100 Å². The largest absolute Gasteiger partial charge is 0.493 e. The van der Waals surface area contributed by atoms with E-state index in [1.807, 2.05) is 0 Å². The Morgan fingerprint density at radius 3 is 2.49 bits per heavy atom. The lowest BCUT2D eigenvalue weighted by molar-refractivity contribution is 0.102. The fourth-order valence-electron chi connectivity index (χ4n) is 4.01. The van der Waals surface area contributed by atoms with Crippen molar-refractivity contribution in [3.8, 4) is 34.2 Å². The van der Waals surface area contributed by atoms with Crippen LogP contribution in [0.1, 0.15) is 17.3 Å². The second-order valence-electron chi connectivity index (χ2n) is 8.74. The van der Waals surface area contributed by atoms with E-state index >= 15 is 4.39 Å². The maximum Gasteiger partial charge on any atom is 0.271 e. The van der Waals surface area contributed by atoms with Crippen molar-refractivity contribution in [2.75, 3.05) is 11.9 Å². The fraction of sp³-hybridized carbons (Fsp3) is 0.103. The number of benzene rings is 2. The van der Waals surface area contributed by atoms with Crippen molar-refractivity contribution < 1.29 is 27.4 Å². The van der Waals surface area contributed by atoms with Gasteiger partial charge in [0.15, 0.2) is 17.4 Å². The number of anilines is 1. The van der Waals surface area contributed by atoms with Gasteiger partial charge in [-0.1, -0.05) is 0 Å². The first-order valence-corrected chi connectivity index (χ1v) is 12.3. The summed E-state index contributed by atoms with van der Waals surface area (Å²) in [4.78, 5) is 30.7. The van der Waals surface area contributed by atoms with Crippen molar-refractivity contribution in [2.24, 2.45) is 7.05 Å². The molecule has 1 amide bonds. The quantitative estimate of drug-likeness (QED) is 0.269. The Morgan fingerprint density at radius 2 is 1.78 bits per heavy atom. The van der Waals surface area contributed by atoms with Crippen LogP contribution in [0.3, 0.4) is 0 Å².